The average molecular weight is 1020 g/mol. The van der Waals surface area contributed by atoms with Gasteiger partial charge < -0.3 is 44.8 Å². The summed E-state index contributed by atoms with van der Waals surface area (Å²) in [7, 11) is 7.25. The van der Waals surface area contributed by atoms with E-state index in [1.54, 1.807) is 25.8 Å². The van der Waals surface area contributed by atoms with Gasteiger partial charge in [-0.1, -0.05) is 121 Å². The maximum absolute atomic E-state index is 14.6. The number of unbranched alkanes of at least 4 members (excludes halogenated alkanes) is 1. The molecule has 0 saturated carbocycles. The van der Waals surface area contributed by atoms with Gasteiger partial charge in [-0.15, -0.1) is 0 Å². The number of rotatable bonds is 25. The number of ether oxygens (including phenoxy) is 1. The van der Waals surface area contributed by atoms with Crippen molar-refractivity contribution in [3.05, 3.63) is 71.8 Å². The Hall–Kier alpha value is -6.33. The summed E-state index contributed by atoms with van der Waals surface area (Å²) in [6.45, 7) is 11.0. The lowest BCUT2D eigenvalue weighted by atomic mass is 9.94. The summed E-state index contributed by atoms with van der Waals surface area (Å²) in [5.41, 5.74) is 1.58. The molecule has 2 fully saturated rings. The number of nitrogens with zero attached hydrogens (tertiary/aromatic N) is 6. The van der Waals surface area contributed by atoms with Crippen molar-refractivity contribution >= 4 is 53.2 Å². The Bertz CT molecular complexity index is 2210. The normalized spacial score (nSPS) is 17.9. The molecule has 8 atom stereocenters. The zero-order valence-corrected chi connectivity index (χ0v) is 45.1. The van der Waals surface area contributed by atoms with E-state index in [9.17, 15) is 43.2 Å². The van der Waals surface area contributed by atoms with E-state index in [2.05, 4.69) is 17.6 Å². The number of carbonyl (C=O) groups excluding carboxylic acids is 9. The third-order valence-electron chi connectivity index (χ3n) is 14.8. The second kappa shape index (κ2) is 28.2. The number of carbonyl (C=O) groups is 9. The molecule has 0 bridgehead atoms. The lowest BCUT2D eigenvalue weighted by Gasteiger charge is -2.38. The van der Waals surface area contributed by atoms with Gasteiger partial charge in [0, 0.05) is 60.0 Å². The molecule has 8 amide bonds. The van der Waals surface area contributed by atoms with Crippen LogP contribution in [0, 0.1) is 17.8 Å². The Kier molecular flexibility index (Phi) is 22.9. The van der Waals surface area contributed by atoms with Crippen LogP contribution in [0.4, 0.5) is 0 Å². The van der Waals surface area contributed by atoms with Crippen molar-refractivity contribution in [2.75, 3.05) is 61.5 Å². The van der Waals surface area contributed by atoms with Crippen molar-refractivity contribution < 1.29 is 47.9 Å². The highest BCUT2D eigenvalue weighted by atomic mass is 16.5. The minimum absolute atomic E-state index is 0.0714. The van der Waals surface area contributed by atoms with Crippen LogP contribution in [-0.4, -0.2) is 180 Å². The molecular weight excluding hydrogens is 933 g/mol. The molecule has 0 radical (unpaired) electrons. The summed E-state index contributed by atoms with van der Waals surface area (Å²) in [6.07, 6.45) is 5.54. The zero-order chi connectivity index (χ0) is 54.1. The van der Waals surface area contributed by atoms with E-state index in [1.165, 1.54) is 52.8 Å². The largest absolute Gasteiger partial charge is 0.467 e. The number of methoxy groups -OCH3 is 1. The average Bonchev–Trinajstić information content (AvgIpc) is 4.10. The summed E-state index contributed by atoms with van der Waals surface area (Å²) < 4.78 is 4.97. The highest BCUT2D eigenvalue weighted by molar-refractivity contribution is 5.97. The fraction of sp³-hybridized carbons (Fsp3) is 0.618. The first kappa shape index (κ1) is 59.2. The van der Waals surface area contributed by atoms with Gasteiger partial charge >= 0.3 is 5.97 Å². The highest BCUT2D eigenvalue weighted by Gasteiger charge is 2.43. The number of hydrogen-bond donors (Lipinski definition) is 2. The molecule has 0 spiro atoms. The van der Waals surface area contributed by atoms with Crippen molar-refractivity contribution in [3.63, 3.8) is 0 Å². The fourth-order valence-corrected chi connectivity index (χ4v) is 10.1. The molecule has 2 N–H and O–H groups in total. The molecule has 2 heterocycles. The first-order chi connectivity index (χ1) is 34.7. The van der Waals surface area contributed by atoms with Gasteiger partial charge in [0.15, 0.2) is 0 Å². The molecule has 18 heteroatoms. The smallest absolute Gasteiger partial charge is 0.328 e. The molecule has 0 aromatic heterocycles. The molecular formula is C55H82N8O10. The topological polar surface area (TPSA) is 206 Å². The summed E-state index contributed by atoms with van der Waals surface area (Å²) in [6, 6.07) is 12.7. The van der Waals surface area contributed by atoms with Gasteiger partial charge in [0.2, 0.25) is 47.3 Å². The van der Waals surface area contributed by atoms with Crippen molar-refractivity contribution in [1.82, 2.24) is 40.0 Å². The third-order valence-corrected chi connectivity index (χ3v) is 14.8. The van der Waals surface area contributed by atoms with E-state index in [4.69, 9.17) is 4.74 Å². The van der Waals surface area contributed by atoms with Gasteiger partial charge in [-0.05, 0) is 55.1 Å². The summed E-state index contributed by atoms with van der Waals surface area (Å²) in [4.78, 5) is 134. The first-order valence-corrected chi connectivity index (χ1v) is 26.1. The van der Waals surface area contributed by atoms with E-state index in [0.29, 0.717) is 45.2 Å². The van der Waals surface area contributed by atoms with Crippen molar-refractivity contribution in [2.45, 2.75) is 142 Å². The minimum atomic E-state index is -1.07. The molecule has 2 saturated heterocycles. The Labute approximate surface area is 432 Å². The first-order valence-electron chi connectivity index (χ1n) is 26.1. The third kappa shape index (κ3) is 15.4. The van der Waals surface area contributed by atoms with Crippen LogP contribution in [-0.2, 0) is 60.7 Å². The van der Waals surface area contributed by atoms with E-state index < -0.39 is 103 Å². The summed E-state index contributed by atoms with van der Waals surface area (Å²) >= 11 is 0. The molecule has 2 aliphatic heterocycles. The van der Waals surface area contributed by atoms with Crippen molar-refractivity contribution in [3.8, 4) is 0 Å². The number of likely N-dealkylation sites (tertiary alicyclic amines) is 2. The fourth-order valence-electron chi connectivity index (χ4n) is 10.1. The van der Waals surface area contributed by atoms with Crippen LogP contribution in [0.3, 0.4) is 0 Å². The Morgan fingerprint density at radius 1 is 0.630 bits per heavy atom. The van der Waals surface area contributed by atoms with E-state index >= 15 is 0 Å². The van der Waals surface area contributed by atoms with E-state index in [-0.39, 0.29) is 30.6 Å². The molecule has 402 valence electrons. The minimum Gasteiger partial charge on any atom is -0.467 e. The second-order valence-electron chi connectivity index (χ2n) is 20.2. The van der Waals surface area contributed by atoms with E-state index in [0.717, 1.165) is 30.4 Å². The maximum atomic E-state index is 14.6. The van der Waals surface area contributed by atoms with Crippen LogP contribution in [0.1, 0.15) is 104 Å². The summed E-state index contributed by atoms with van der Waals surface area (Å²) in [5, 5.41) is 5.45. The molecule has 2 aromatic rings. The van der Waals surface area contributed by atoms with Gasteiger partial charge in [0.05, 0.1) is 20.2 Å². The number of esters is 1. The number of amides is 8. The standard InChI is InChI=1S/C55H82N8O10/c1-12-14-23-38(6)51(68)62-30-21-28-41(62)52(69)59(8)43(32-39-24-17-15-18-25-39)49(66)56-35-46(65)60(9)47(36(3)4)54(71)61(10)48(37(5)13-2)50(67)57-34-45(64)58(7)44(33-40-26-19-16-20-27-40)53(70)63-31-22-29-42(63)55(72)73-11/h15-20,24-27,36-38,41-44,47-48H,12-14,21-23,28-35H2,1-11H3,(H,56,66)(H,57,67)/t37-,38?,41-,42+,43?,44?,47+,48-/m0/s1. The van der Waals surface area contributed by atoms with Crippen LogP contribution in [0.25, 0.3) is 0 Å². The van der Waals surface area contributed by atoms with Crippen LogP contribution in [0.2, 0.25) is 0 Å². The van der Waals surface area contributed by atoms with Crippen molar-refractivity contribution in [2.24, 2.45) is 17.8 Å². The van der Waals surface area contributed by atoms with Crippen molar-refractivity contribution in [1.29, 1.82) is 0 Å². The molecule has 73 heavy (non-hydrogen) atoms. The number of benzene rings is 2. The van der Waals surface area contributed by atoms with Crippen LogP contribution in [0.15, 0.2) is 60.7 Å². The monoisotopic (exact) mass is 1010 g/mol. The number of hydrogen-bond acceptors (Lipinski definition) is 10. The maximum Gasteiger partial charge on any atom is 0.328 e. The number of likely N-dealkylation sites (N-methyl/N-ethyl adjacent to an activating group) is 4. The van der Waals surface area contributed by atoms with Crippen LogP contribution < -0.4 is 10.6 Å². The van der Waals surface area contributed by atoms with Crippen LogP contribution >= 0.6 is 0 Å². The Balaban J connectivity index is 1.47. The molecule has 4 rings (SSSR count). The molecule has 0 aliphatic carbocycles. The van der Waals surface area contributed by atoms with Gasteiger partial charge in [-0.3, -0.25) is 38.4 Å². The predicted octanol–water partition coefficient (Wildman–Crippen LogP) is 3.70. The van der Waals surface area contributed by atoms with E-state index in [1.807, 2.05) is 81.4 Å². The lowest BCUT2D eigenvalue weighted by Crippen LogP contribution is -2.60. The second-order valence-corrected chi connectivity index (χ2v) is 20.2. The Morgan fingerprint density at radius 2 is 1.14 bits per heavy atom. The molecule has 18 nitrogen and oxygen atoms in total. The highest BCUT2D eigenvalue weighted by Crippen LogP contribution is 2.26. The van der Waals surface area contributed by atoms with Gasteiger partial charge in [0.25, 0.3) is 0 Å². The number of nitrogens with one attached hydrogen (secondary N) is 2. The molecule has 3 unspecified atom stereocenters. The predicted molar refractivity (Wildman–Crippen MR) is 277 cm³/mol. The Morgan fingerprint density at radius 3 is 1.66 bits per heavy atom. The molecule has 2 aliphatic rings. The SMILES string of the molecule is CCCCC(C)C(=O)N1CCC[C@H]1C(=O)N(C)C(Cc1ccccc1)C(=O)NCC(=O)N(C)[C@@H](C(=O)N(C)[C@H](C(=O)NCC(=O)N(C)C(Cc1ccccc1)C(=O)N1CCC[C@@H]1C(=O)OC)[C@@H](C)CC)C(C)C. The van der Waals surface area contributed by atoms with Gasteiger partial charge in [-0.2, -0.15) is 0 Å². The zero-order valence-electron chi connectivity index (χ0n) is 45.1. The summed E-state index contributed by atoms with van der Waals surface area (Å²) in [5.74, 6) is -5.31. The van der Waals surface area contributed by atoms with Gasteiger partial charge in [-0.25, -0.2) is 4.79 Å². The molecule has 2 aromatic carbocycles. The van der Waals surface area contributed by atoms with Crippen LogP contribution in [0.5, 0.6) is 0 Å². The quantitative estimate of drug-likeness (QED) is 0.138. The van der Waals surface area contributed by atoms with Gasteiger partial charge in [0.1, 0.15) is 36.3 Å². The lowest BCUT2D eigenvalue weighted by molar-refractivity contribution is -0.154.